The Balaban J connectivity index is -0.0000000551. The lowest BCUT2D eigenvalue weighted by Crippen LogP contribution is -2.92. The van der Waals surface area contributed by atoms with Crippen molar-refractivity contribution in [1.82, 2.24) is 0 Å². The Bertz CT molecular complexity index is 323. The number of nitrogens with two attached hydrogens (primary N) is 2. The molecule has 0 aromatic heterocycles. The van der Waals surface area contributed by atoms with Crippen LogP contribution >= 0.6 is 15.6 Å². The minimum absolute atomic E-state index is 0. The Kier molecular flexibility index (Phi) is 31.0. The molecule has 26 heavy (non-hydrogen) atoms. The molecule has 0 atom stereocenters. The molecule has 0 aromatic rings. The zero-order valence-corrected chi connectivity index (χ0v) is 18.6. The molecule has 0 aromatic carbocycles. The third-order valence-corrected chi connectivity index (χ3v) is 3.40. The van der Waals surface area contributed by atoms with E-state index >= 15 is 0 Å². The summed E-state index contributed by atoms with van der Waals surface area (Å²) in [6, 6.07) is 3.00. The average molecular weight is 434 g/mol. The molecule has 12 nitrogen and oxygen atoms in total. The number of quaternary nitrogens is 2. The number of hydrogen-bond donors (Lipinski definition) is 4. The van der Waals surface area contributed by atoms with Crippen molar-refractivity contribution < 1.29 is 60.1 Å². The van der Waals surface area contributed by atoms with Crippen LogP contribution in [-0.2, 0) is 13.4 Å². The second-order valence-corrected chi connectivity index (χ2v) is 8.91. The molecule has 0 unspecified atom stereocenters. The molecule has 0 aliphatic rings. The van der Waals surface area contributed by atoms with Gasteiger partial charge in [-0.15, -0.1) is 0 Å². The minimum Gasteiger partial charge on any atom is -0.789 e. The van der Waals surface area contributed by atoms with Crippen LogP contribution in [0.5, 0.6) is 0 Å². The van der Waals surface area contributed by atoms with Gasteiger partial charge in [0.05, 0.1) is 32.0 Å². The summed E-state index contributed by atoms with van der Waals surface area (Å²) in [5, 5.41) is 4.67. The van der Waals surface area contributed by atoms with Crippen molar-refractivity contribution in [2.45, 2.75) is 79.6 Å². The third kappa shape index (κ3) is 64.7. The van der Waals surface area contributed by atoms with Crippen LogP contribution in [0.1, 0.15) is 55.4 Å². The van der Waals surface area contributed by atoms with Gasteiger partial charge in [0.15, 0.2) is 0 Å². The van der Waals surface area contributed by atoms with Crippen molar-refractivity contribution in [3.8, 4) is 0 Å². The van der Waals surface area contributed by atoms with E-state index in [2.05, 4.69) is 70.3 Å². The van der Waals surface area contributed by atoms with Crippen LogP contribution < -0.4 is 20.4 Å². The molecule has 0 bridgehead atoms. The smallest absolute Gasteiger partial charge is 0.473 e. The van der Waals surface area contributed by atoms with E-state index in [0.29, 0.717) is 0 Å². The van der Waals surface area contributed by atoms with E-state index in [1.165, 1.54) is 0 Å². The molecule has 0 aliphatic heterocycles. The summed E-state index contributed by atoms with van der Waals surface area (Å²) in [6.45, 7) is 17.7. The quantitative estimate of drug-likeness (QED) is 0.302. The van der Waals surface area contributed by atoms with E-state index in [9.17, 15) is 18.9 Å². The molecule has 0 fully saturated rings. The maximum Gasteiger partial charge on any atom is 0.473 e. The first kappa shape index (κ1) is 40.7. The van der Waals surface area contributed by atoms with Gasteiger partial charge in [-0.2, -0.15) is 0 Å². The van der Waals surface area contributed by atoms with Crippen LogP contribution in [-0.4, -0.2) is 50.4 Å². The fourth-order valence-corrected chi connectivity index (χ4v) is 2.71. The van der Waals surface area contributed by atoms with Crippen molar-refractivity contribution >= 4 is 15.6 Å². The van der Waals surface area contributed by atoms with E-state index in [-0.39, 0.29) is 16.4 Å². The first-order valence-corrected chi connectivity index (χ1v) is 10.4. The van der Waals surface area contributed by atoms with Gasteiger partial charge >= 0.3 is 7.82 Å². The van der Waals surface area contributed by atoms with Crippen molar-refractivity contribution in [2.24, 2.45) is 0 Å². The highest BCUT2D eigenvalue weighted by molar-refractivity contribution is 7.58. The van der Waals surface area contributed by atoms with Gasteiger partial charge in [-0.25, -0.2) is 4.57 Å². The Hall–Kier alpha value is 0.0600. The van der Waals surface area contributed by atoms with Gasteiger partial charge in [-0.1, -0.05) is 0 Å². The predicted molar refractivity (Wildman–Crippen MR) is 96.0 cm³/mol. The summed E-state index contributed by atoms with van der Waals surface area (Å²) in [4.78, 5) is 34.1. The number of hydrogen-bond acceptors (Lipinski definition) is 5. The topological polar surface area (TPSA) is 258 Å². The van der Waals surface area contributed by atoms with Crippen LogP contribution in [0, 0.1) is 0 Å². The molecule has 0 heterocycles. The van der Waals surface area contributed by atoms with Gasteiger partial charge in [-0.05, 0) is 55.4 Å². The molecule has 0 saturated carbocycles. The molecule has 0 spiro atoms. The first-order chi connectivity index (χ1) is 9.96. The van der Waals surface area contributed by atoms with Gasteiger partial charge in [-0.3, -0.25) is 4.31 Å². The van der Waals surface area contributed by atoms with Crippen molar-refractivity contribution in [1.29, 1.82) is 0 Å². The molecular weight excluding hydrogens is 394 g/mol. The van der Waals surface area contributed by atoms with Crippen LogP contribution in [0.2, 0.25) is 0 Å². The Morgan fingerprint density at radius 3 is 0.885 bits per heavy atom. The largest absolute Gasteiger partial charge is 0.789 e. The standard InChI is InChI=1S/2C6H15N.H4O7P2.3H2O/c2*1-5(2)7-6(3)4;1-8(2,3)7-9(4,5)6;;;/h2*5-7H,1-4H3;(H2,1,2,3)(H2,4,5,6);3*1H2. The molecule has 0 amide bonds. The lowest BCUT2D eigenvalue weighted by Gasteiger charge is -2.27. The molecule has 0 radical (unpaired) electrons. The molecular formula is C12H40N2O10P2. The lowest BCUT2D eigenvalue weighted by molar-refractivity contribution is -0.709. The van der Waals surface area contributed by atoms with Gasteiger partial charge in [0.25, 0.3) is 0 Å². The zero-order chi connectivity index (χ0) is 19.4. The van der Waals surface area contributed by atoms with E-state index in [0.717, 1.165) is 24.2 Å². The highest BCUT2D eigenvalue weighted by Gasteiger charge is 2.15. The van der Waals surface area contributed by atoms with Crippen LogP contribution in [0.25, 0.3) is 0 Å². The molecule has 168 valence electrons. The van der Waals surface area contributed by atoms with Gasteiger partial charge in [0.2, 0.25) is 0 Å². The summed E-state index contributed by atoms with van der Waals surface area (Å²) in [5.41, 5.74) is 0. The lowest BCUT2D eigenvalue weighted by atomic mass is 10.3. The third-order valence-electron chi connectivity index (χ3n) is 1.75. The monoisotopic (exact) mass is 434 g/mol. The predicted octanol–water partition coefficient (Wildman–Crippen LogP) is -3.82. The van der Waals surface area contributed by atoms with Gasteiger partial charge < -0.3 is 51.2 Å². The average Bonchev–Trinajstić information content (AvgIpc) is 2.06. The second-order valence-electron chi connectivity index (χ2n) is 6.38. The summed E-state index contributed by atoms with van der Waals surface area (Å²) in [5.74, 6) is 0. The van der Waals surface area contributed by atoms with Gasteiger partial charge in [0, 0.05) is 0 Å². The molecule has 14 heteroatoms. The fraction of sp³-hybridized carbons (Fsp3) is 1.00. The highest BCUT2D eigenvalue weighted by Crippen LogP contribution is 2.48. The Morgan fingerprint density at radius 2 is 0.885 bits per heavy atom. The molecule has 0 aliphatic carbocycles. The van der Waals surface area contributed by atoms with E-state index in [1.54, 1.807) is 0 Å². The van der Waals surface area contributed by atoms with Crippen LogP contribution in [0.15, 0.2) is 0 Å². The summed E-state index contributed by atoms with van der Waals surface area (Å²) < 4.78 is 21.7. The summed E-state index contributed by atoms with van der Waals surface area (Å²) >= 11 is 0. The highest BCUT2D eigenvalue weighted by atomic mass is 31.3. The first-order valence-electron chi connectivity index (χ1n) is 7.45. The SMILES string of the molecule is CC(C)[NH2+]C(C)C.CC(C)[NH2+]C(C)C.O.O.O.O=P([O-])([O-])OP(=O)(O)O. The van der Waals surface area contributed by atoms with Crippen LogP contribution in [0.3, 0.4) is 0 Å². The maximum atomic E-state index is 9.55. The number of phosphoric acid groups is 2. The Labute approximate surface area is 156 Å². The molecule has 0 saturated heterocycles. The van der Waals surface area contributed by atoms with E-state index in [1.807, 2.05) is 0 Å². The van der Waals surface area contributed by atoms with E-state index in [4.69, 9.17) is 9.79 Å². The van der Waals surface area contributed by atoms with Crippen molar-refractivity contribution in [3.05, 3.63) is 0 Å². The molecule has 12 N–H and O–H groups in total. The number of rotatable bonds is 6. The second kappa shape index (κ2) is 19.8. The summed E-state index contributed by atoms with van der Waals surface area (Å²) in [7, 11) is -10.7. The van der Waals surface area contributed by atoms with Gasteiger partial charge in [0.1, 0.15) is 0 Å². The molecule has 0 rings (SSSR count). The zero-order valence-electron chi connectivity index (χ0n) is 16.8. The normalized spacial score (nSPS) is 10.8. The van der Waals surface area contributed by atoms with Crippen molar-refractivity contribution in [2.75, 3.05) is 0 Å². The van der Waals surface area contributed by atoms with Crippen molar-refractivity contribution in [3.63, 3.8) is 0 Å². The fourth-order valence-electron chi connectivity index (χ4n) is 1.67. The maximum absolute atomic E-state index is 9.55. The summed E-state index contributed by atoms with van der Waals surface area (Å²) in [6.07, 6.45) is 0. The van der Waals surface area contributed by atoms with E-state index < -0.39 is 15.6 Å². The minimum atomic E-state index is -5.55. The van der Waals surface area contributed by atoms with Crippen LogP contribution in [0.4, 0.5) is 0 Å². The Morgan fingerprint density at radius 1 is 0.692 bits per heavy atom.